The molecule has 0 aliphatic rings. The van der Waals surface area contributed by atoms with E-state index < -0.39 is 10.9 Å². The predicted molar refractivity (Wildman–Crippen MR) is 55.2 cm³/mol. The smallest absolute Gasteiger partial charge is 0.390 e. The van der Waals surface area contributed by atoms with Gasteiger partial charge in [0, 0.05) is 0 Å². The zero-order chi connectivity index (χ0) is 12.3. The van der Waals surface area contributed by atoms with Gasteiger partial charge in [-0.25, -0.2) is 0 Å². The second kappa shape index (κ2) is 4.73. The van der Waals surface area contributed by atoms with Gasteiger partial charge in [-0.1, -0.05) is 13.8 Å². The Morgan fingerprint density at radius 3 is 2.75 bits per heavy atom. The Balaban J connectivity index is 2.96. The van der Waals surface area contributed by atoms with Crippen LogP contribution in [0.4, 0.5) is 5.82 Å². The van der Waals surface area contributed by atoms with Crippen molar-refractivity contribution in [3.63, 3.8) is 0 Å². The van der Waals surface area contributed by atoms with E-state index in [0.717, 1.165) is 0 Å². The quantitative estimate of drug-likeness (QED) is 0.605. The van der Waals surface area contributed by atoms with Gasteiger partial charge in [-0.15, -0.1) is 0 Å². The molecule has 0 bridgehead atoms. The fourth-order valence-electron chi connectivity index (χ4n) is 1.35. The van der Waals surface area contributed by atoms with Gasteiger partial charge in [0.2, 0.25) is 0 Å². The number of carboxylic acids is 1. The molecule has 0 saturated heterocycles. The summed E-state index contributed by atoms with van der Waals surface area (Å²) in [7, 11) is 0. The summed E-state index contributed by atoms with van der Waals surface area (Å²) in [5.74, 6) is -1.13. The Morgan fingerprint density at radius 1 is 1.69 bits per heavy atom. The van der Waals surface area contributed by atoms with E-state index in [9.17, 15) is 14.9 Å². The molecule has 1 aromatic heterocycles. The fraction of sp³-hybridized carbons (Fsp3) is 0.556. The van der Waals surface area contributed by atoms with Crippen molar-refractivity contribution in [1.82, 2.24) is 9.78 Å². The van der Waals surface area contributed by atoms with Gasteiger partial charge in [0.15, 0.2) is 0 Å². The topological polar surface area (TPSA) is 98.3 Å². The second-order valence-corrected chi connectivity index (χ2v) is 3.71. The number of aliphatic carboxylic acids is 1. The van der Waals surface area contributed by atoms with Crippen molar-refractivity contribution >= 4 is 11.8 Å². The molecule has 88 valence electrons. The molecule has 0 aliphatic carbocycles. The average molecular weight is 227 g/mol. The van der Waals surface area contributed by atoms with E-state index in [0.29, 0.717) is 5.69 Å². The van der Waals surface area contributed by atoms with Crippen molar-refractivity contribution in [3.05, 3.63) is 21.9 Å². The van der Waals surface area contributed by atoms with Crippen molar-refractivity contribution in [3.8, 4) is 0 Å². The molecule has 1 aromatic rings. The molecule has 1 N–H and O–H groups in total. The van der Waals surface area contributed by atoms with Gasteiger partial charge in [0.25, 0.3) is 0 Å². The van der Waals surface area contributed by atoms with Crippen LogP contribution in [0.3, 0.4) is 0 Å². The highest BCUT2D eigenvalue weighted by Gasteiger charge is 2.20. The molecular formula is C9H13N3O4. The number of aromatic nitrogens is 2. The van der Waals surface area contributed by atoms with Crippen LogP contribution in [0.25, 0.3) is 0 Å². The summed E-state index contributed by atoms with van der Waals surface area (Å²) in [6.45, 7) is 3.90. The van der Waals surface area contributed by atoms with Crippen molar-refractivity contribution in [2.75, 3.05) is 0 Å². The molecular weight excluding hydrogens is 214 g/mol. The number of aryl methyl sites for hydroxylation is 1. The van der Waals surface area contributed by atoms with Crippen LogP contribution in [-0.2, 0) is 11.3 Å². The summed E-state index contributed by atoms with van der Waals surface area (Å²) in [5.41, 5.74) is 0.674. The molecule has 7 nitrogen and oxygen atoms in total. The molecule has 0 atom stereocenters. The van der Waals surface area contributed by atoms with Gasteiger partial charge in [0.05, 0.1) is 29.8 Å². The summed E-state index contributed by atoms with van der Waals surface area (Å²) in [4.78, 5) is 20.4. The second-order valence-electron chi connectivity index (χ2n) is 3.71. The number of nitrogens with zero attached hydrogens (tertiary/aromatic N) is 3. The Morgan fingerprint density at radius 2 is 2.31 bits per heavy atom. The van der Waals surface area contributed by atoms with E-state index in [1.54, 1.807) is 0 Å². The maximum Gasteiger partial charge on any atom is 0.390 e. The zero-order valence-electron chi connectivity index (χ0n) is 9.08. The number of rotatable bonds is 5. The lowest BCUT2D eigenvalue weighted by molar-refractivity contribution is -0.389. The summed E-state index contributed by atoms with van der Waals surface area (Å²) >= 11 is 0. The molecule has 0 spiro atoms. The molecule has 0 aromatic carbocycles. The first-order valence-electron chi connectivity index (χ1n) is 4.85. The van der Waals surface area contributed by atoms with E-state index in [1.165, 1.54) is 10.7 Å². The lowest BCUT2D eigenvalue weighted by Crippen LogP contribution is -2.10. The van der Waals surface area contributed by atoms with Crippen molar-refractivity contribution in [2.45, 2.75) is 32.7 Å². The first-order valence-corrected chi connectivity index (χ1v) is 4.85. The SMILES string of the molecule is CC(C)c1cc([N+](=O)[O-])nn1CCC(=O)O. The van der Waals surface area contributed by atoms with Gasteiger partial charge in [-0.2, -0.15) is 4.68 Å². The van der Waals surface area contributed by atoms with E-state index in [4.69, 9.17) is 5.11 Å². The minimum atomic E-state index is -0.951. The number of carbonyl (C=O) groups is 1. The monoisotopic (exact) mass is 227 g/mol. The summed E-state index contributed by atoms with van der Waals surface area (Å²) in [6.07, 6.45) is -0.0987. The Labute approximate surface area is 91.8 Å². The van der Waals surface area contributed by atoms with Gasteiger partial charge in [-0.3, -0.25) is 4.79 Å². The Kier molecular flexibility index (Phi) is 3.60. The third-order valence-electron chi connectivity index (χ3n) is 2.11. The third kappa shape index (κ3) is 2.78. The summed E-state index contributed by atoms with van der Waals surface area (Å²) < 4.78 is 1.39. The summed E-state index contributed by atoms with van der Waals surface area (Å²) in [5, 5.41) is 22.8. The number of hydrogen-bond donors (Lipinski definition) is 1. The van der Waals surface area contributed by atoms with Crippen LogP contribution in [0.1, 0.15) is 31.9 Å². The standard InChI is InChI=1S/C9H13N3O4/c1-6(2)7-5-8(12(15)16)10-11(7)4-3-9(13)14/h5-6H,3-4H2,1-2H3,(H,13,14). The molecule has 1 rings (SSSR count). The molecule has 0 amide bonds. The predicted octanol–water partition coefficient (Wildman–Crippen LogP) is 1.39. The first kappa shape index (κ1) is 12.2. The number of hydrogen-bond acceptors (Lipinski definition) is 4. The van der Waals surface area contributed by atoms with E-state index in [1.807, 2.05) is 13.8 Å². The minimum Gasteiger partial charge on any atom is -0.481 e. The van der Waals surface area contributed by atoms with Gasteiger partial charge < -0.3 is 15.2 Å². The van der Waals surface area contributed by atoms with Crippen LogP contribution in [-0.4, -0.2) is 25.8 Å². The van der Waals surface area contributed by atoms with Crippen LogP contribution in [0, 0.1) is 10.1 Å². The molecule has 0 fully saturated rings. The number of carboxylic acid groups (broad SMARTS) is 1. The molecule has 0 saturated carbocycles. The maximum atomic E-state index is 10.5. The van der Waals surface area contributed by atoms with Crippen LogP contribution in [0.2, 0.25) is 0 Å². The Bertz CT molecular complexity index is 411. The molecule has 16 heavy (non-hydrogen) atoms. The highest BCUT2D eigenvalue weighted by atomic mass is 16.6. The van der Waals surface area contributed by atoms with Crippen LogP contribution >= 0.6 is 0 Å². The van der Waals surface area contributed by atoms with E-state index in [2.05, 4.69) is 5.10 Å². The lowest BCUT2D eigenvalue weighted by Gasteiger charge is -2.03. The molecule has 0 radical (unpaired) electrons. The molecule has 1 heterocycles. The van der Waals surface area contributed by atoms with Crippen molar-refractivity contribution in [2.24, 2.45) is 0 Å². The van der Waals surface area contributed by atoms with Crippen molar-refractivity contribution < 1.29 is 14.8 Å². The molecule has 0 unspecified atom stereocenters. The van der Waals surface area contributed by atoms with E-state index in [-0.39, 0.29) is 24.7 Å². The minimum absolute atomic E-state index is 0.0648. The Hall–Kier alpha value is -1.92. The van der Waals surface area contributed by atoms with Gasteiger partial charge in [-0.05, 0) is 10.8 Å². The normalized spacial score (nSPS) is 10.7. The third-order valence-corrected chi connectivity index (χ3v) is 2.11. The maximum absolute atomic E-state index is 10.5. The van der Waals surface area contributed by atoms with Crippen LogP contribution in [0.5, 0.6) is 0 Å². The van der Waals surface area contributed by atoms with Gasteiger partial charge >= 0.3 is 11.8 Å². The van der Waals surface area contributed by atoms with Gasteiger partial charge in [0.1, 0.15) is 0 Å². The largest absolute Gasteiger partial charge is 0.481 e. The highest BCUT2D eigenvalue weighted by molar-refractivity contribution is 5.66. The highest BCUT2D eigenvalue weighted by Crippen LogP contribution is 2.20. The fourth-order valence-corrected chi connectivity index (χ4v) is 1.35. The molecule has 0 aliphatic heterocycles. The van der Waals surface area contributed by atoms with Crippen molar-refractivity contribution in [1.29, 1.82) is 0 Å². The molecule has 7 heteroatoms. The average Bonchev–Trinajstić information content (AvgIpc) is 2.58. The van der Waals surface area contributed by atoms with Crippen LogP contribution < -0.4 is 0 Å². The summed E-state index contributed by atoms with van der Waals surface area (Å²) in [6, 6.07) is 1.38. The lowest BCUT2D eigenvalue weighted by atomic mass is 10.1. The van der Waals surface area contributed by atoms with Crippen LogP contribution in [0.15, 0.2) is 6.07 Å². The first-order chi connectivity index (χ1) is 7.41. The van der Waals surface area contributed by atoms with E-state index >= 15 is 0 Å². The number of nitro groups is 1. The zero-order valence-corrected chi connectivity index (χ0v) is 9.08.